The lowest BCUT2D eigenvalue weighted by atomic mass is 10.1. The molecule has 0 spiro atoms. The lowest BCUT2D eigenvalue weighted by Gasteiger charge is -2.33. The van der Waals surface area contributed by atoms with Crippen LogP contribution in [0.25, 0.3) is 10.8 Å². The molecule has 2 aromatic heterocycles. The van der Waals surface area contributed by atoms with Crippen LogP contribution in [0.15, 0.2) is 53.4 Å². The van der Waals surface area contributed by atoms with E-state index in [4.69, 9.17) is 4.55 Å². The summed E-state index contributed by atoms with van der Waals surface area (Å²) in [5.41, 5.74) is 1.42. The first-order chi connectivity index (χ1) is 17.0. The summed E-state index contributed by atoms with van der Waals surface area (Å²) in [5, 5.41) is 9.23. The Bertz CT molecular complexity index is 1480. The highest BCUT2D eigenvalue weighted by Gasteiger charge is 2.32. The topological polar surface area (TPSA) is 131 Å². The highest BCUT2D eigenvalue weighted by atomic mass is 32.2. The summed E-state index contributed by atoms with van der Waals surface area (Å²) in [7, 11) is -4.02. The molecule has 0 saturated heterocycles. The van der Waals surface area contributed by atoms with Gasteiger partial charge >= 0.3 is 0 Å². The summed E-state index contributed by atoms with van der Waals surface area (Å²) in [6, 6.07) is 11.3. The molecule has 5 rings (SSSR count). The van der Waals surface area contributed by atoms with E-state index in [1.165, 1.54) is 47.9 Å². The van der Waals surface area contributed by atoms with Crippen molar-refractivity contribution in [3.63, 3.8) is 0 Å². The molecular weight excluding hydrogens is 507 g/mol. The molecule has 1 N–H and O–H groups in total. The van der Waals surface area contributed by atoms with Gasteiger partial charge in [-0.25, -0.2) is 9.37 Å². The fraction of sp³-hybridized carbons (Fsp3) is 0.261. The highest BCUT2D eigenvalue weighted by Crippen LogP contribution is 2.30. The third-order valence-corrected chi connectivity index (χ3v) is 7.25. The molecule has 1 atom stereocenters. The molecule has 3 heterocycles. The van der Waals surface area contributed by atoms with Crippen molar-refractivity contribution >= 4 is 27.6 Å². The number of halogens is 1. The molecule has 0 unspecified atom stereocenters. The summed E-state index contributed by atoms with van der Waals surface area (Å²) >= 11 is 1.29. The van der Waals surface area contributed by atoms with Crippen molar-refractivity contribution in [2.24, 2.45) is 0 Å². The zero-order valence-electron chi connectivity index (χ0n) is 19.7. The molecular formula is C23H23FN6O4S2. The van der Waals surface area contributed by atoms with E-state index in [0.717, 1.165) is 10.6 Å². The Morgan fingerprint density at radius 1 is 1.06 bits per heavy atom. The number of hydrogen-bond donors (Lipinski definition) is 1. The van der Waals surface area contributed by atoms with Gasteiger partial charge < -0.3 is 9.47 Å². The van der Waals surface area contributed by atoms with E-state index in [0.29, 0.717) is 36.1 Å². The van der Waals surface area contributed by atoms with E-state index < -0.39 is 10.1 Å². The Morgan fingerprint density at radius 2 is 1.72 bits per heavy atom. The van der Waals surface area contributed by atoms with Crippen molar-refractivity contribution in [3.8, 4) is 10.8 Å². The van der Waals surface area contributed by atoms with Gasteiger partial charge in [-0.3, -0.25) is 9.35 Å². The largest absolute Gasteiger partial charge is 0.327 e. The summed E-state index contributed by atoms with van der Waals surface area (Å²) in [5.74, 6) is 1.59. The van der Waals surface area contributed by atoms with Crippen LogP contribution in [0.4, 0.5) is 4.39 Å². The predicted molar refractivity (Wildman–Crippen MR) is 131 cm³/mol. The molecule has 0 fully saturated rings. The van der Waals surface area contributed by atoms with Gasteiger partial charge in [0.25, 0.3) is 16.0 Å². The van der Waals surface area contributed by atoms with E-state index in [1.54, 1.807) is 17.0 Å². The van der Waals surface area contributed by atoms with Crippen molar-refractivity contribution in [1.29, 1.82) is 0 Å². The minimum atomic E-state index is -4.02. The molecule has 0 saturated carbocycles. The first-order valence-corrected chi connectivity index (χ1v) is 13.1. The maximum absolute atomic E-state index is 13.1. The summed E-state index contributed by atoms with van der Waals surface area (Å²) in [6.45, 7) is 6.68. The molecule has 1 aliphatic rings. The number of fused-ring (bicyclic) bond motifs is 1. The van der Waals surface area contributed by atoms with E-state index in [9.17, 15) is 17.6 Å². The van der Waals surface area contributed by atoms with Gasteiger partial charge in [-0.1, -0.05) is 17.7 Å². The van der Waals surface area contributed by atoms with Crippen molar-refractivity contribution in [2.75, 3.05) is 6.54 Å². The SMILES string of the molecule is Cc1ccc(S(=O)(=O)O)cc1.Cc1nsc(-c2nnc3n2CCN(C(=O)c2ccc(F)cc2)[C@@H]3C)n1. The number of benzene rings is 2. The molecule has 188 valence electrons. The second kappa shape index (κ2) is 10.2. The van der Waals surface area contributed by atoms with Gasteiger partial charge in [-0.2, -0.15) is 12.8 Å². The second-order valence-corrected chi connectivity index (χ2v) is 10.3. The maximum atomic E-state index is 13.1. The monoisotopic (exact) mass is 530 g/mol. The Morgan fingerprint density at radius 3 is 2.31 bits per heavy atom. The van der Waals surface area contributed by atoms with Crippen molar-refractivity contribution < 1.29 is 22.2 Å². The van der Waals surface area contributed by atoms with Gasteiger partial charge in [-0.15, -0.1) is 10.2 Å². The third kappa shape index (κ3) is 5.48. The van der Waals surface area contributed by atoms with Crippen LogP contribution >= 0.6 is 11.5 Å². The molecule has 0 aliphatic carbocycles. The molecule has 1 amide bonds. The number of aromatic nitrogens is 5. The lowest BCUT2D eigenvalue weighted by Crippen LogP contribution is -2.41. The second-order valence-electron chi connectivity index (χ2n) is 8.15. The van der Waals surface area contributed by atoms with Gasteiger partial charge in [-0.05, 0) is 68.7 Å². The quantitative estimate of drug-likeness (QED) is 0.397. The molecule has 2 aromatic carbocycles. The predicted octanol–water partition coefficient (Wildman–Crippen LogP) is 3.70. The van der Waals surface area contributed by atoms with Gasteiger partial charge in [0.1, 0.15) is 11.6 Å². The maximum Gasteiger partial charge on any atom is 0.294 e. The van der Waals surface area contributed by atoms with E-state index in [-0.39, 0.29) is 22.7 Å². The van der Waals surface area contributed by atoms with Crippen LogP contribution in [0, 0.1) is 19.7 Å². The molecule has 10 nitrogen and oxygen atoms in total. The smallest absolute Gasteiger partial charge is 0.294 e. The number of carbonyl (C=O) groups excluding carboxylic acids is 1. The van der Waals surface area contributed by atoms with Gasteiger partial charge in [0.05, 0.1) is 10.9 Å². The van der Waals surface area contributed by atoms with Crippen LogP contribution < -0.4 is 0 Å². The van der Waals surface area contributed by atoms with E-state index in [2.05, 4.69) is 19.6 Å². The average molecular weight is 531 g/mol. The minimum absolute atomic E-state index is 0.0666. The third-order valence-electron chi connectivity index (χ3n) is 5.57. The molecule has 1 aliphatic heterocycles. The molecule has 0 bridgehead atoms. The van der Waals surface area contributed by atoms with Crippen LogP contribution in [-0.4, -0.2) is 54.4 Å². The number of hydrogen-bond acceptors (Lipinski definition) is 8. The minimum Gasteiger partial charge on any atom is -0.327 e. The Kier molecular flexibility index (Phi) is 7.24. The standard InChI is InChI=1S/C16H15FN6OS.C7H8O3S/c1-9-13-19-20-14(15-18-10(2)21-25-15)23(13)8-7-22(9)16(24)11-3-5-12(17)6-4-11;1-6-2-4-7(5-3-6)11(8,9)10/h3-6,9H,7-8H2,1-2H3;2-5H,1H3,(H,8,9,10)/t9-;/m1./s1. The van der Waals surface area contributed by atoms with E-state index in [1.807, 2.05) is 25.3 Å². The van der Waals surface area contributed by atoms with Crippen LogP contribution in [0.1, 0.15) is 40.5 Å². The highest BCUT2D eigenvalue weighted by molar-refractivity contribution is 7.85. The summed E-state index contributed by atoms with van der Waals surface area (Å²) in [6.07, 6.45) is 0. The van der Waals surface area contributed by atoms with Gasteiger partial charge in [0.2, 0.25) is 0 Å². The number of amides is 1. The van der Waals surface area contributed by atoms with Crippen molar-refractivity contribution in [3.05, 3.63) is 77.1 Å². The molecule has 36 heavy (non-hydrogen) atoms. The van der Waals surface area contributed by atoms with Gasteiger partial charge in [0, 0.05) is 18.7 Å². The van der Waals surface area contributed by atoms with Crippen molar-refractivity contribution in [2.45, 2.75) is 38.3 Å². The summed E-state index contributed by atoms with van der Waals surface area (Å²) in [4.78, 5) is 18.8. The fourth-order valence-corrected chi connectivity index (χ4v) is 4.82. The molecule has 0 radical (unpaired) electrons. The number of aryl methyl sites for hydroxylation is 2. The Hall–Kier alpha value is -3.55. The average Bonchev–Trinajstić information content (AvgIpc) is 3.46. The fourth-order valence-electron chi connectivity index (χ4n) is 3.68. The summed E-state index contributed by atoms with van der Waals surface area (Å²) < 4.78 is 48.8. The van der Waals surface area contributed by atoms with Crippen LogP contribution in [0.5, 0.6) is 0 Å². The first-order valence-electron chi connectivity index (χ1n) is 10.9. The zero-order chi connectivity index (χ0) is 26.0. The van der Waals surface area contributed by atoms with Gasteiger partial charge in [0.15, 0.2) is 16.7 Å². The van der Waals surface area contributed by atoms with Crippen LogP contribution in [0.3, 0.4) is 0 Å². The van der Waals surface area contributed by atoms with Crippen molar-refractivity contribution in [1.82, 2.24) is 29.0 Å². The first kappa shape index (κ1) is 25.5. The van der Waals surface area contributed by atoms with E-state index >= 15 is 0 Å². The normalized spacial score (nSPS) is 15.1. The number of carbonyl (C=O) groups is 1. The lowest BCUT2D eigenvalue weighted by molar-refractivity contribution is 0.0638. The number of rotatable bonds is 3. The Labute approximate surface area is 211 Å². The van der Waals surface area contributed by atoms with Crippen LogP contribution in [0.2, 0.25) is 0 Å². The zero-order valence-corrected chi connectivity index (χ0v) is 21.3. The van der Waals surface area contributed by atoms with Crippen LogP contribution in [-0.2, 0) is 16.7 Å². The number of nitrogens with zero attached hydrogens (tertiary/aromatic N) is 6. The Balaban J connectivity index is 0.000000233. The molecule has 4 aromatic rings. The molecule has 13 heteroatoms.